The lowest BCUT2D eigenvalue weighted by molar-refractivity contribution is -0.168. The summed E-state index contributed by atoms with van der Waals surface area (Å²) in [5.41, 5.74) is 1.83. The predicted octanol–water partition coefficient (Wildman–Crippen LogP) is 1.39. The van der Waals surface area contributed by atoms with Gasteiger partial charge in [0.1, 0.15) is 0 Å². The molecule has 46 heavy (non-hydrogen) atoms. The minimum Gasteiger partial charge on any atom is -0.377 e. The summed E-state index contributed by atoms with van der Waals surface area (Å²) < 4.78 is 81.4. The highest BCUT2D eigenvalue weighted by atomic mass is 32.2. The van der Waals surface area contributed by atoms with Crippen LogP contribution in [0.2, 0.25) is 0 Å². The Morgan fingerprint density at radius 1 is 0.543 bits per heavy atom. The van der Waals surface area contributed by atoms with Crippen molar-refractivity contribution in [1.82, 2.24) is 9.80 Å². The van der Waals surface area contributed by atoms with Gasteiger partial charge in [0, 0.05) is 28.2 Å². The monoisotopic (exact) mass is 688 g/mol. The highest BCUT2D eigenvalue weighted by Gasteiger charge is 2.37. The van der Waals surface area contributed by atoms with Gasteiger partial charge in [0.2, 0.25) is 0 Å². The molecule has 0 unspecified atom stereocenters. The molecule has 2 aromatic carbocycles. The van der Waals surface area contributed by atoms with Gasteiger partial charge < -0.3 is 28.7 Å². The smallest absolute Gasteiger partial charge is 0.297 e. The number of hydrogen-bond donors (Lipinski definition) is 0. The molecule has 0 aliphatic carbocycles. The normalized spacial score (nSPS) is 13.3. The van der Waals surface area contributed by atoms with Gasteiger partial charge in [-0.1, -0.05) is 35.4 Å². The van der Waals surface area contributed by atoms with Crippen LogP contribution in [0.25, 0.3) is 0 Å². The summed E-state index contributed by atoms with van der Waals surface area (Å²) in [5.74, 6) is -1.05. The van der Waals surface area contributed by atoms with Gasteiger partial charge in [0.15, 0.2) is 12.2 Å². The molecule has 2 amide bonds. The molecular weight excluding hydrogens is 644 g/mol. The van der Waals surface area contributed by atoms with Crippen LogP contribution in [0.3, 0.4) is 0 Å². The summed E-state index contributed by atoms with van der Waals surface area (Å²) in [5, 5.41) is 0. The van der Waals surface area contributed by atoms with Gasteiger partial charge >= 0.3 is 0 Å². The Labute approximate surface area is 271 Å². The molecule has 0 aliphatic rings. The number of aryl methyl sites for hydroxylation is 2. The summed E-state index contributed by atoms with van der Waals surface area (Å²) in [4.78, 5) is 28.5. The first-order chi connectivity index (χ1) is 21.7. The van der Waals surface area contributed by atoms with Crippen LogP contribution in [0.4, 0.5) is 0 Å². The summed E-state index contributed by atoms with van der Waals surface area (Å²) >= 11 is 0. The van der Waals surface area contributed by atoms with Crippen molar-refractivity contribution in [3.63, 3.8) is 0 Å². The van der Waals surface area contributed by atoms with Crippen LogP contribution < -0.4 is 0 Å². The second-order valence-electron chi connectivity index (χ2n) is 10.5. The number of amides is 2. The molecule has 0 bridgehead atoms. The van der Waals surface area contributed by atoms with Gasteiger partial charge in [-0.25, -0.2) is 0 Å². The maximum atomic E-state index is 13.0. The molecule has 0 saturated carbocycles. The first-order valence-electron chi connectivity index (χ1n) is 14.4. The second kappa shape index (κ2) is 19.0. The van der Waals surface area contributed by atoms with Crippen LogP contribution in [0.15, 0.2) is 58.3 Å². The lowest BCUT2D eigenvalue weighted by Gasteiger charge is -2.29. The van der Waals surface area contributed by atoms with Gasteiger partial charge in [-0.15, -0.1) is 0 Å². The molecule has 0 heterocycles. The van der Waals surface area contributed by atoms with Crippen LogP contribution in [-0.2, 0) is 57.1 Å². The van der Waals surface area contributed by atoms with Crippen LogP contribution in [0, 0.1) is 13.8 Å². The van der Waals surface area contributed by atoms with Gasteiger partial charge in [-0.05, 0) is 38.1 Å². The molecule has 2 atom stereocenters. The van der Waals surface area contributed by atoms with E-state index < -0.39 is 44.3 Å². The highest BCUT2D eigenvalue weighted by Crippen LogP contribution is 2.15. The van der Waals surface area contributed by atoms with E-state index in [1.165, 1.54) is 62.3 Å². The molecule has 0 radical (unpaired) electrons. The van der Waals surface area contributed by atoms with Crippen LogP contribution in [-0.4, -0.2) is 132 Å². The SMILES string of the molecule is Cc1ccc(S(=O)(=O)OCCOCCO[C@@H](C(=O)N(C)C)[C@@H](OCCOCCOS(=O)(=O)c2ccc(C)cc2)C(=O)N(C)C)cc1. The van der Waals surface area contributed by atoms with Crippen molar-refractivity contribution in [1.29, 1.82) is 0 Å². The Kier molecular flexibility index (Phi) is 16.2. The van der Waals surface area contributed by atoms with Crippen LogP contribution in [0.5, 0.6) is 0 Å². The molecule has 2 rings (SSSR count). The molecule has 16 heteroatoms. The average Bonchev–Trinajstić information content (AvgIpc) is 3.00. The third-order valence-electron chi connectivity index (χ3n) is 6.25. The van der Waals surface area contributed by atoms with Gasteiger partial charge in [-0.3, -0.25) is 18.0 Å². The standard InChI is InChI=1S/C30H44N2O12S2/c1-23-7-11-25(12-8-23)45(35,36)43-21-17-39-15-19-41-27(29(33)31(3)4)28(30(34)32(5)6)42-20-16-40-18-22-44-46(37,38)26-13-9-24(2)10-14-26/h7-14,27-28H,15-22H2,1-6H3/t27-,28-/m1/s1. The van der Waals surface area contributed by atoms with Crippen molar-refractivity contribution in [3.8, 4) is 0 Å². The fourth-order valence-corrected chi connectivity index (χ4v) is 5.49. The first-order valence-corrected chi connectivity index (χ1v) is 17.2. The van der Waals surface area contributed by atoms with E-state index in [0.717, 1.165) is 11.1 Å². The fourth-order valence-electron chi connectivity index (χ4n) is 3.71. The molecule has 2 aromatic rings. The quantitative estimate of drug-likeness (QED) is 0.137. The average molecular weight is 689 g/mol. The Balaban J connectivity index is 1.83. The largest absolute Gasteiger partial charge is 0.377 e. The summed E-state index contributed by atoms with van der Waals surface area (Å²) in [6.45, 7) is 2.81. The number of nitrogens with zero attached hydrogens (tertiary/aromatic N) is 2. The minimum absolute atomic E-state index is 0.0252. The maximum absolute atomic E-state index is 13.0. The Morgan fingerprint density at radius 3 is 1.15 bits per heavy atom. The van der Waals surface area contributed by atoms with E-state index in [2.05, 4.69) is 0 Å². The van der Waals surface area contributed by atoms with E-state index in [0.29, 0.717) is 0 Å². The number of hydrogen-bond acceptors (Lipinski definition) is 12. The zero-order valence-corrected chi connectivity index (χ0v) is 28.7. The van der Waals surface area contributed by atoms with Crippen molar-refractivity contribution in [2.24, 2.45) is 0 Å². The van der Waals surface area contributed by atoms with Crippen molar-refractivity contribution in [3.05, 3.63) is 59.7 Å². The number of rotatable bonds is 21. The van der Waals surface area contributed by atoms with Crippen LogP contribution in [0.1, 0.15) is 11.1 Å². The summed E-state index contributed by atoms with van der Waals surface area (Å²) in [7, 11) is -1.84. The Bertz CT molecular complexity index is 1330. The summed E-state index contributed by atoms with van der Waals surface area (Å²) in [6.07, 6.45) is -2.65. The lowest BCUT2D eigenvalue weighted by atomic mass is 10.1. The minimum atomic E-state index is -3.93. The molecule has 0 fully saturated rings. The van der Waals surface area contributed by atoms with Crippen molar-refractivity contribution >= 4 is 32.1 Å². The summed E-state index contributed by atoms with van der Waals surface area (Å²) in [6, 6.07) is 12.5. The Morgan fingerprint density at radius 2 is 0.848 bits per heavy atom. The predicted molar refractivity (Wildman–Crippen MR) is 167 cm³/mol. The zero-order chi connectivity index (χ0) is 34.3. The number of ether oxygens (including phenoxy) is 4. The van der Waals surface area contributed by atoms with E-state index in [1.807, 2.05) is 13.8 Å². The van der Waals surface area contributed by atoms with Gasteiger partial charge in [0.05, 0.1) is 62.6 Å². The molecule has 0 N–H and O–H groups in total. The molecule has 258 valence electrons. The van der Waals surface area contributed by atoms with E-state index in [-0.39, 0.29) is 62.6 Å². The van der Waals surface area contributed by atoms with Gasteiger partial charge in [0.25, 0.3) is 32.1 Å². The second-order valence-corrected chi connectivity index (χ2v) is 13.7. The van der Waals surface area contributed by atoms with Crippen LogP contribution >= 0.6 is 0 Å². The van der Waals surface area contributed by atoms with Crippen molar-refractivity contribution in [2.45, 2.75) is 35.8 Å². The zero-order valence-electron chi connectivity index (χ0n) is 27.0. The number of carbonyl (C=O) groups is 2. The molecular formula is C30H44N2O12S2. The van der Waals surface area contributed by atoms with Crippen molar-refractivity contribution < 1.29 is 53.7 Å². The molecule has 0 aromatic heterocycles. The van der Waals surface area contributed by atoms with Crippen molar-refractivity contribution in [2.75, 3.05) is 81.0 Å². The lowest BCUT2D eigenvalue weighted by Crippen LogP contribution is -2.52. The Hall–Kier alpha value is -2.96. The molecule has 0 aliphatic heterocycles. The number of carbonyl (C=O) groups excluding carboxylic acids is 2. The third-order valence-corrected chi connectivity index (χ3v) is 8.90. The molecule has 14 nitrogen and oxygen atoms in total. The van der Waals surface area contributed by atoms with E-state index in [1.54, 1.807) is 24.3 Å². The number of likely N-dealkylation sites (N-methyl/N-ethyl adjacent to an activating group) is 2. The maximum Gasteiger partial charge on any atom is 0.297 e. The van der Waals surface area contributed by atoms with E-state index in [9.17, 15) is 26.4 Å². The number of benzene rings is 2. The topological polar surface area (TPSA) is 164 Å². The fraction of sp³-hybridized carbons (Fsp3) is 0.533. The molecule has 0 spiro atoms. The van der Waals surface area contributed by atoms with E-state index >= 15 is 0 Å². The van der Waals surface area contributed by atoms with E-state index in [4.69, 9.17) is 27.3 Å². The highest BCUT2D eigenvalue weighted by molar-refractivity contribution is 7.87. The molecule has 0 saturated heterocycles. The third kappa shape index (κ3) is 13.0. The van der Waals surface area contributed by atoms with Gasteiger partial charge in [-0.2, -0.15) is 16.8 Å². The first kappa shape index (κ1) is 39.2.